The Morgan fingerprint density at radius 3 is 0.907 bits per heavy atom. The molecule has 22 nitrogen and oxygen atoms in total. The van der Waals surface area contributed by atoms with Gasteiger partial charge >= 0.3 is 0 Å². The highest BCUT2D eigenvalue weighted by atomic mass is 16.8. The fourth-order valence-electron chi connectivity index (χ4n) is 15.8. The van der Waals surface area contributed by atoms with Crippen LogP contribution in [-0.4, -0.2) is 145 Å². The van der Waals surface area contributed by atoms with Gasteiger partial charge in [0.15, 0.2) is 12.6 Å². The summed E-state index contributed by atoms with van der Waals surface area (Å²) in [6.45, 7) is 7.70. The van der Waals surface area contributed by atoms with Gasteiger partial charge in [-0.3, -0.25) is 38.6 Å². The van der Waals surface area contributed by atoms with Crippen LogP contribution in [0.4, 0.5) is 0 Å². The topological polar surface area (TPSA) is 239 Å². The highest BCUT2D eigenvalue weighted by Gasteiger charge is 2.48. The smallest absolute Gasteiger partial charge is 0.262 e. The summed E-state index contributed by atoms with van der Waals surface area (Å²) in [5.41, 5.74) is 4.56. The normalized spacial score (nSPS) is 17.4. The monoisotopic (exact) mass is 1580 g/mol. The molecule has 592 valence electrons. The van der Waals surface area contributed by atoms with Gasteiger partial charge in [-0.15, -0.1) is 0 Å². The lowest BCUT2D eigenvalue weighted by Crippen LogP contribution is -2.55. The maximum absolute atomic E-state index is 16.9. The quantitative estimate of drug-likeness (QED) is 0.0158. The van der Waals surface area contributed by atoms with Crippen LogP contribution < -0.4 is 28.4 Å². The number of benzene rings is 13. The minimum atomic E-state index is -1.43. The Bertz CT molecular complexity index is 5370. The molecule has 0 saturated carbocycles. The Morgan fingerprint density at radius 1 is 0.347 bits per heavy atom. The summed E-state index contributed by atoms with van der Waals surface area (Å²) in [5.74, 6) is -1.87. The van der Waals surface area contributed by atoms with Crippen molar-refractivity contribution in [1.82, 2.24) is 19.6 Å². The molecule has 13 aromatic carbocycles. The molecule has 0 N–H and O–H groups in total. The van der Waals surface area contributed by atoms with Gasteiger partial charge in [0.2, 0.25) is 11.8 Å². The molecule has 118 heavy (non-hydrogen) atoms. The van der Waals surface area contributed by atoms with E-state index in [0.29, 0.717) is 73.8 Å². The average molecular weight is 1580 g/mol. The van der Waals surface area contributed by atoms with Gasteiger partial charge in [0.1, 0.15) is 108 Å². The lowest BCUT2D eigenvalue weighted by Gasteiger charge is -2.37. The van der Waals surface area contributed by atoms with Crippen LogP contribution in [0.1, 0.15) is 88.7 Å². The standard InChI is InChI=1S/C96H80N4O18/c1-3-97(47-59-21-13-7-14-22-59)95(105)75(41-57-17-9-5-10-18-57)99-91(101)71-43-77(115-65-29-25-61(26-30-65)49-111-81-55-113-81)85-87-79(117-67-37-33-63(34-38-67)107-51-69-53-109-69)45-73-84-74(94(104)100(93(73)103)76(42-58-19-11-6-12-20-58)96(106)98(4-2)48-60-23-15-8-16-24-60)46-80(118-68-39-35-64(36-40-68)108-52-70-54-110-70)88(90(84)87)86-78(44-72(92(99)102)83(71)89(85)86)116-66-31-27-62(28-32-66)50-112-82-56-114-82/h5-40,43-46,69-70,75-76,81-82H,3-4,41-42,47-56H2,1-2H3. The first-order valence-corrected chi connectivity index (χ1v) is 39.7. The highest BCUT2D eigenvalue weighted by Crippen LogP contribution is 2.58. The van der Waals surface area contributed by atoms with Crippen molar-refractivity contribution in [2.45, 2.75) is 89.9 Å². The Hall–Kier alpha value is -13.1. The van der Waals surface area contributed by atoms with Crippen molar-refractivity contribution in [3.05, 3.63) is 298 Å². The molecule has 4 saturated heterocycles. The Labute approximate surface area is 678 Å². The molecule has 6 atom stereocenters. The Balaban J connectivity index is 0.901. The van der Waals surface area contributed by atoms with E-state index in [0.717, 1.165) is 32.1 Å². The van der Waals surface area contributed by atoms with E-state index in [2.05, 4.69) is 0 Å². The van der Waals surface area contributed by atoms with E-state index in [1.807, 2.05) is 159 Å². The molecule has 6 amide bonds. The molecule has 6 aliphatic heterocycles. The zero-order valence-electron chi connectivity index (χ0n) is 64.6. The van der Waals surface area contributed by atoms with Crippen LogP contribution in [0.2, 0.25) is 0 Å². The molecule has 0 spiro atoms. The largest absolute Gasteiger partial charge is 0.491 e. The molecule has 19 rings (SSSR count). The predicted molar refractivity (Wildman–Crippen MR) is 437 cm³/mol. The molecule has 22 heteroatoms. The second kappa shape index (κ2) is 32.2. The average Bonchev–Trinajstić information content (AvgIpc) is 0.764. The van der Waals surface area contributed by atoms with Crippen molar-refractivity contribution in [2.24, 2.45) is 0 Å². The number of likely N-dealkylation sites (N-methyl/N-ethyl adjacent to an activating group) is 2. The molecule has 0 aliphatic carbocycles. The van der Waals surface area contributed by atoms with E-state index >= 15 is 28.8 Å². The number of ether oxygens (including phenoxy) is 12. The third kappa shape index (κ3) is 15.5. The van der Waals surface area contributed by atoms with Crippen LogP contribution in [0.3, 0.4) is 0 Å². The number of nitrogens with zero attached hydrogens (tertiary/aromatic N) is 4. The number of carbonyl (C=O) groups is 6. The highest BCUT2D eigenvalue weighted by molar-refractivity contribution is 6.45. The summed E-state index contributed by atoms with van der Waals surface area (Å²) in [6, 6.07) is 69.5. The van der Waals surface area contributed by atoms with E-state index in [-0.39, 0.29) is 177 Å². The SMILES string of the molecule is CCN(Cc1ccccc1)C(=O)C(Cc1ccccc1)N1C(=O)c2cc(Oc3ccc(COC4CO4)cc3)c3c4c(Oc5ccc(OCC6CO6)cc5)cc5c6c(cc(Oc7ccc(OCC8CO8)cc7)c(c7c(Oc8ccc(COC9CO9)cc8)cc(c2c37)C1=O)c64)C(=O)N(C(Cc1ccccc1)C(=O)N(CC)Cc1ccccc1)C5=O. The van der Waals surface area contributed by atoms with Crippen molar-refractivity contribution in [3.63, 3.8) is 0 Å². The third-order valence-electron chi connectivity index (χ3n) is 22.1. The zero-order valence-corrected chi connectivity index (χ0v) is 64.6. The van der Waals surface area contributed by atoms with Crippen LogP contribution in [0.5, 0.6) is 57.5 Å². The van der Waals surface area contributed by atoms with Gasteiger partial charge in [-0.2, -0.15) is 0 Å². The molecule has 0 aromatic heterocycles. The van der Waals surface area contributed by atoms with Crippen LogP contribution in [0.25, 0.3) is 43.1 Å². The van der Waals surface area contributed by atoms with E-state index in [4.69, 9.17) is 56.8 Å². The van der Waals surface area contributed by atoms with Crippen LogP contribution in [0.15, 0.2) is 243 Å². The van der Waals surface area contributed by atoms with Crippen LogP contribution in [-0.2, 0) is 77.2 Å². The number of amides is 6. The number of imide groups is 2. The number of hydrogen-bond donors (Lipinski definition) is 0. The van der Waals surface area contributed by atoms with Crippen molar-refractivity contribution in [2.75, 3.05) is 52.7 Å². The van der Waals surface area contributed by atoms with Gasteiger partial charge in [0.25, 0.3) is 23.6 Å². The Morgan fingerprint density at radius 2 is 0.627 bits per heavy atom. The summed E-state index contributed by atoms with van der Waals surface area (Å²) in [5, 5.41) is 1.71. The molecule has 0 bridgehead atoms. The van der Waals surface area contributed by atoms with Crippen molar-refractivity contribution >= 4 is 78.5 Å². The summed E-state index contributed by atoms with van der Waals surface area (Å²) < 4.78 is 75.7. The third-order valence-corrected chi connectivity index (χ3v) is 22.1. The maximum Gasteiger partial charge on any atom is 0.262 e. The Kier molecular flexibility index (Phi) is 20.5. The number of fused-ring (bicyclic) bond motifs is 2. The predicted octanol–water partition coefficient (Wildman–Crippen LogP) is 16.7. The molecule has 6 aliphatic rings. The van der Waals surface area contributed by atoms with E-state index in [1.54, 1.807) is 107 Å². The van der Waals surface area contributed by atoms with Gasteiger partial charge in [-0.25, -0.2) is 0 Å². The van der Waals surface area contributed by atoms with E-state index in [1.165, 1.54) is 0 Å². The second-order valence-corrected chi connectivity index (χ2v) is 30.1. The first kappa shape index (κ1) is 75.0. The molecule has 4 fully saturated rings. The van der Waals surface area contributed by atoms with Crippen molar-refractivity contribution in [3.8, 4) is 57.5 Å². The summed E-state index contributed by atoms with van der Waals surface area (Å²) in [4.78, 5) is 105. The second-order valence-electron chi connectivity index (χ2n) is 30.1. The number of hydrogen-bond acceptors (Lipinski definition) is 18. The minimum Gasteiger partial charge on any atom is -0.491 e. The zero-order chi connectivity index (χ0) is 80.1. The molecule has 6 unspecified atom stereocenters. The first-order valence-electron chi connectivity index (χ1n) is 39.7. The molecule has 0 radical (unpaired) electrons. The minimum absolute atomic E-state index is 0.0200. The molecular formula is C96H80N4O18. The first-order chi connectivity index (χ1) is 57.8. The maximum atomic E-state index is 16.9. The summed E-state index contributed by atoms with van der Waals surface area (Å²) in [7, 11) is 0. The van der Waals surface area contributed by atoms with Crippen LogP contribution >= 0.6 is 0 Å². The van der Waals surface area contributed by atoms with Crippen molar-refractivity contribution < 1.29 is 85.6 Å². The van der Waals surface area contributed by atoms with Gasteiger partial charge in [-0.05, 0) is 144 Å². The molecule has 6 heterocycles. The van der Waals surface area contributed by atoms with Crippen molar-refractivity contribution in [1.29, 1.82) is 0 Å². The molecular weight excluding hydrogens is 1500 g/mol. The lowest BCUT2D eigenvalue weighted by molar-refractivity contribution is -0.136. The fraction of sp³-hybridized carbons (Fsp3) is 0.229. The van der Waals surface area contributed by atoms with Gasteiger partial charge < -0.3 is 66.6 Å². The fourth-order valence-corrected chi connectivity index (χ4v) is 15.8. The van der Waals surface area contributed by atoms with Gasteiger partial charge in [0, 0.05) is 82.1 Å². The van der Waals surface area contributed by atoms with E-state index < -0.39 is 47.5 Å². The van der Waals surface area contributed by atoms with Crippen LogP contribution in [0, 0.1) is 0 Å². The lowest BCUT2D eigenvalue weighted by atomic mass is 9.80. The van der Waals surface area contributed by atoms with Gasteiger partial charge in [0.05, 0.1) is 48.7 Å². The van der Waals surface area contributed by atoms with Gasteiger partial charge in [-0.1, -0.05) is 146 Å². The van der Waals surface area contributed by atoms with E-state index in [9.17, 15) is 0 Å². The summed E-state index contributed by atoms with van der Waals surface area (Å²) >= 11 is 0. The summed E-state index contributed by atoms with van der Waals surface area (Å²) in [6.07, 6.45) is -0.886. The number of carbonyl (C=O) groups excluding carboxylic acids is 6. The number of epoxide rings is 4. The molecule has 13 aromatic rings. The number of rotatable bonds is 34.